The molecule has 3 amide bonds. The largest absolute Gasteiger partial charge is 0.451 e. The first-order valence-electron chi connectivity index (χ1n) is 12.5. The Balaban J connectivity index is 2.36. The summed E-state index contributed by atoms with van der Waals surface area (Å²) in [4.78, 5) is 54.3. The maximum Gasteiger partial charge on any atom is 0.323 e. The number of hydrazine groups is 2. The number of esters is 1. The van der Waals surface area contributed by atoms with Crippen LogP contribution in [0.5, 0.6) is 0 Å². The molecule has 0 spiro atoms. The van der Waals surface area contributed by atoms with Gasteiger partial charge in [0.2, 0.25) is 5.91 Å². The van der Waals surface area contributed by atoms with E-state index in [-0.39, 0.29) is 43.8 Å². The molecule has 2 rings (SSSR count). The highest BCUT2D eigenvalue weighted by atomic mass is 35.5. The van der Waals surface area contributed by atoms with Gasteiger partial charge in [0.15, 0.2) is 6.10 Å². The normalized spacial score (nSPS) is 27.3. The van der Waals surface area contributed by atoms with E-state index in [1.54, 1.807) is 14.0 Å². The zero-order chi connectivity index (χ0) is 27.3. The van der Waals surface area contributed by atoms with Crippen LogP contribution in [-0.4, -0.2) is 106 Å². The van der Waals surface area contributed by atoms with Crippen molar-refractivity contribution in [3.05, 3.63) is 0 Å². The Morgan fingerprint density at radius 1 is 1.08 bits per heavy atom. The quantitative estimate of drug-likeness (QED) is 0.235. The first kappa shape index (κ1) is 30.2. The molecule has 13 heteroatoms. The number of likely N-dealkylation sites (N-methyl/N-ethyl adjacent to an activating group) is 1. The average Bonchev–Trinajstić information content (AvgIpc) is 2.84. The highest BCUT2D eigenvalue weighted by Gasteiger charge is 2.46. The lowest BCUT2D eigenvalue weighted by atomic mass is 9.98. The molecule has 2 heterocycles. The molecule has 2 aliphatic rings. The molecular weight excluding hydrogens is 492 g/mol. The fraction of sp³-hybridized carbons (Fsp3) is 0.826. The molecule has 0 aromatic carbocycles. The van der Waals surface area contributed by atoms with Crippen molar-refractivity contribution < 1.29 is 29.0 Å². The third-order valence-electron chi connectivity index (χ3n) is 6.76. The van der Waals surface area contributed by atoms with Gasteiger partial charge in [-0.1, -0.05) is 13.8 Å². The number of halogens is 1. The van der Waals surface area contributed by atoms with Crippen molar-refractivity contribution in [1.82, 2.24) is 25.8 Å². The highest BCUT2D eigenvalue weighted by molar-refractivity contribution is 6.21. The summed E-state index contributed by atoms with van der Waals surface area (Å²) in [7, 11) is 1.63. The van der Waals surface area contributed by atoms with Crippen molar-refractivity contribution in [3.8, 4) is 0 Å². The SMILES string of the molecule is CCC(C)C(OC(=O)C(C)N)C(=O)N1NCC(Cl)CC1C(=O)N1NCC(O)CC1C(=O)N(C)C(C)C. The summed E-state index contributed by atoms with van der Waals surface area (Å²) >= 11 is 6.37. The monoisotopic (exact) mass is 532 g/mol. The van der Waals surface area contributed by atoms with Crippen molar-refractivity contribution >= 4 is 35.3 Å². The Labute approximate surface area is 217 Å². The van der Waals surface area contributed by atoms with Gasteiger partial charge in [-0.25, -0.2) is 10.9 Å². The number of carbonyl (C=O) groups is 4. The number of hydrogen-bond donors (Lipinski definition) is 4. The number of nitrogens with two attached hydrogens (primary N) is 1. The third kappa shape index (κ3) is 7.06. The van der Waals surface area contributed by atoms with Crippen LogP contribution in [0.1, 0.15) is 53.9 Å². The molecule has 0 bridgehead atoms. The summed E-state index contributed by atoms with van der Waals surface area (Å²) < 4.78 is 5.45. The Bertz CT molecular complexity index is 814. The molecule has 7 unspecified atom stereocenters. The minimum Gasteiger partial charge on any atom is -0.451 e. The summed E-state index contributed by atoms with van der Waals surface area (Å²) in [5.74, 6) is -2.55. The van der Waals surface area contributed by atoms with Crippen LogP contribution in [0.2, 0.25) is 0 Å². The molecule has 0 aliphatic carbocycles. The highest BCUT2D eigenvalue weighted by Crippen LogP contribution is 2.24. The van der Waals surface area contributed by atoms with E-state index in [4.69, 9.17) is 22.1 Å². The minimum atomic E-state index is -1.16. The maximum absolute atomic E-state index is 13.8. The Hall–Kier alpha value is -1.99. The van der Waals surface area contributed by atoms with Crippen molar-refractivity contribution in [2.24, 2.45) is 11.7 Å². The van der Waals surface area contributed by atoms with Crippen LogP contribution in [0, 0.1) is 5.92 Å². The van der Waals surface area contributed by atoms with E-state index in [0.717, 1.165) is 5.01 Å². The molecule has 0 aromatic rings. The van der Waals surface area contributed by atoms with Gasteiger partial charge >= 0.3 is 5.97 Å². The lowest BCUT2D eigenvalue weighted by molar-refractivity contribution is -0.173. The summed E-state index contributed by atoms with van der Waals surface area (Å²) in [6.07, 6.45) is -1.27. The number of ether oxygens (including phenoxy) is 1. The van der Waals surface area contributed by atoms with Gasteiger partial charge in [0.05, 0.1) is 11.5 Å². The van der Waals surface area contributed by atoms with Crippen LogP contribution >= 0.6 is 11.6 Å². The Morgan fingerprint density at radius 3 is 2.25 bits per heavy atom. The van der Waals surface area contributed by atoms with Gasteiger partial charge in [-0.3, -0.25) is 29.2 Å². The van der Waals surface area contributed by atoms with Crippen LogP contribution in [-0.2, 0) is 23.9 Å². The van der Waals surface area contributed by atoms with E-state index in [9.17, 15) is 24.3 Å². The lowest BCUT2D eigenvalue weighted by Gasteiger charge is -2.45. The number of aliphatic hydroxyl groups excluding tert-OH is 1. The van der Waals surface area contributed by atoms with E-state index >= 15 is 0 Å². The fourth-order valence-corrected chi connectivity index (χ4v) is 4.27. The van der Waals surface area contributed by atoms with Gasteiger partial charge in [-0.2, -0.15) is 0 Å². The molecule has 0 saturated carbocycles. The van der Waals surface area contributed by atoms with Crippen LogP contribution in [0.15, 0.2) is 0 Å². The number of nitrogens with zero attached hydrogens (tertiary/aromatic N) is 3. The van der Waals surface area contributed by atoms with E-state index in [2.05, 4.69) is 10.9 Å². The van der Waals surface area contributed by atoms with Gasteiger partial charge in [0.1, 0.15) is 18.1 Å². The summed E-state index contributed by atoms with van der Waals surface area (Å²) in [6.45, 7) is 9.07. The molecule has 2 aliphatic heterocycles. The zero-order valence-electron chi connectivity index (χ0n) is 21.9. The van der Waals surface area contributed by atoms with Crippen molar-refractivity contribution in [2.75, 3.05) is 20.1 Å². The number of alkyl halides is 1. The molecule has 36 heavy (non-hydrogen) atoms. The average molecular weight is 533 g/mol. The fourth-order valence-electron chi connectivity index (χ4n) is 4.03. The second kappa shape index (κ2) is 13.0. The number of amides is 3. The number of aliphatic hydroxyl groups is 1. The van der Waals surface area contributed by atoms with Gasteiger partial charge in [-0.05, 0) is 33.6 Å². The zero-order valence-corrected chi connectivity index (χ0v) is 22.7. The number of carbonyl (C=O) groups excluding carboxylic acids is 4. The van der Waals surface area contributed by atoms with E-state index < -0.39 is 53.5 Å². The smallest absolute Gasteiger partial charge is 0.323 e. The standard InChI is InChI=1S/C23H41ClN6O6/c1-7-13(4)19(36-23(35)14(5)25)22(34)30-17(8-15(24)10-26-30)21(33)29-18(9-16(31)11-27-29)20(32)28(6)12(2)3/h12-19,26-27,31H,7-11,25H2,1-6H3. The van der Waals surface area contributed by atoms with Crippen LogP contribution < -0.4 is 16.6 Å². The van der Waals surface area contributed by atoms with Gasteiger partial charge in [-0.15, -0.1) is 11.6 Å². The summed E-state index contributed by atoms with van der Waals surface area (Å²) in [6, 6.07) is -3.08. The molecule has 0 aromatic heterocycles. The van der Waals surface area contributed by atoms with Crippen molar-refractivity contribution in [1.29, 1.82) is 0 Å². The third-order valence-corrected chi connectivity index (χ3v) is 7.10. The molecule has 7 atom stereocenters. The minimum absolute atomic E-state index is 0.0501. The Kier molecular flexibility index (Phi) is 10.9. The topological polar surface area (TPSA) is 158 Å². The number of hydrogen-bond acceptors (Lipinski definition) is 9. The molecule has 2 saturated heterocycles. The van der Waals surface area contributed by atoms with E-state index in [1.807, 2.05) is 20.8 Å². The van der Waals surface area contributed by atoms with Gasteiger partial charge < -0.3 is 20.5 Å². The predicted octanol–water partition coefficient (Wildman–Crippen LogP) is -0.662. The predicted molar refractivity (Wildman–Crippen MR) is 133 cm³/mol. The first-order chi connectivity index (χ1) is 16.8. The summed E-state index contributed by atoms with van der Waals surface area (Å²) in [5.41, 5.74) is 11.4. The molecule has 5 N–H and O–H groups in total. The maximum atomic E-state index is 13.8. The molecule has 12 nitrogen and oxygen atoms in total. The van der Waals surface area contributed by atoms with Gasteiger partial charge in [0, 0.05) is 38.5 Å². The van der Waals surface area contributed by atoms with Crippen LogP contribution in [0.25, 0.3) is 0 Å². The van der Waals surface area contributed by atoms with Crippen molar-refractivity contribution in [2.45, 2.75) is 95.6 Å². The number of β-amino-alcohol motifs (C(OH)–C–C–N with tert-alkyl or cyclic N) is 1. The van der Waals surface area contributed by atoms with Crippen LogP contribution in [0.4, 0.5) is 0 Å². The van der Waals surface area contributed by atoms with E-state index in [1.165, 1.54) is 16.8 Å². The van der Waals surface area contributed by atoms with Gasteiger partial charge in [0.25, 0.3) is 11.8 Å². The number of nitrogens with one attached hydrogen (secondary N) is 2. The van der Waals surface area contributed by atoms with Crippen LogP contribution in [0.3, 0.4) is 0 Å². The molecular formula is C23H41ClN6O6. The second-order valence-corrected chi connectivity index (χ2v) is 10.6. The lowest BCUT2D eigenvalue weighted by Crippen LogP contribution is -2.69. The molecule has 206 valence electrons. The van der Waals surface area contributed by atoms with E-state index in [0.29, 0.717) is 6.42 Å². The summed E-state index contributed by atoms with van der Waals surface area (Å²) in [5, 5.41) is 12.1. The number of rotatable bonds is 8. The second-order valence-electron chi connectivity index (χ2n) is 9.97. The molecule has 2 fully saturated rings. The molecule has 0 radical (unpaired) electrons. The van der Waals surface area contributed by atoms with Crippen molar-refractivity contribution in [3.63, 3.8) is 0 Å². The first-order valence-corrected chi connectivity index (χ1v) is 12.9. The Morgan fingerprint density at radius 2 is 1.69 bits per heavy atom.